The summed E-state index contributed by atoms with van der Waals surface area (Å²) < 4.78 is 1.01. The Morgan fingerprint density at radius 2 is 2.08 bits per heavy atom. The Hall–Kier alpha value is -3.63. The summed E-state index contributed by atoms with van der Waals surface area (Å²) in [5, 5.41) is 19.8. The van der Waals surface area contributed by atoms with Crippen molar-refractivity contribution in [3.8, 4) is 11.3 Å². The summed E-state index contributed by atoms with van der Waals surface area (Å²) in [4.78, 5) is 40.2. The number of amides is 2. The molecule has 4 heterocycles. The van der Waals surface area contributed by atoms with Gasteiger partial charge in [-0.2, -0.15) is 0 Å². The van der Waals surface area contributed by atoms with Gasteiger partial charge in [-0.1, -0.05) is 12.1 Å². The first kappa shape index (κ1) is 26.0. The van der Waals surface area contributed by atoms with E-state index >= 15 is 0 Å². The second-order valence-electron chi connectivity index (χ2n) is 10.3. The van der Waals surface area contributed by atoms with E-state index in [2.05, 4.69) is 32.0 Å². The number of carboxylic acids is 1. The van der Waals surface area contributed by atoms with E-state index in [0.717, 1.165) is 27.0 Å². The number of aliphatic carboxylic acids is 1. The minimum atomic E-state index is -1.31. The number of urea groups is 1. The van der Waals surface area contributed by atoms with Gasteiger partial charge < -0.3 is 21.1 Å². The Balaban J connectivity index is 1.77. The molecule has 4 atom stereocenters. The van der Waals surface area contributed by atoms with Crippen LogP contribution < -0.4 is 16.0 Å². The van der Waals surface area contributed by atoms with E-state index in [-0.39, 0.29) is 0 Å². The SMILES string of the molecule is CCNC(=O)NC1(C2CNCCC2(C)C(=O)O)N=CC=CC1(C)c1cc(-c2ccccn2)c2scnc2c1. The number of dihydropyridines is 1. The molecule has 0 radical (unpaired) electrons. The zero-order valence-corrected chi connectivity index (χ0v) is 22.5. The number of thiazole rings is 1. The molecule has 10 heteroatoms. The number of hydrogen-bond acceptors (Lipinski definition) is 7. The first-order valence-electron chi connectivity index (χ1n) is 12.8. The molecular weight excluding hydrogens is 500 g/mol. The van der Waals surface area contributed by atoms with Crippen LogP contribution in [-0.4, -0.2) is 58.6 Å². The summed E-state index contributed by atoms with van der Waals surface area (Å²) in [5.41, 5.74) is 1.86. The number of allylic oxidation sites excluding steroid dienone is 1. The first-order chi connectivity index (χ1) is 18.2. The Morgan fingerprint density at radius 1 is 1.24 bits per heavy atom. The van der Waals surface area contributed by atoms with Crippen molar-refractivity contribution in [3.63, 3.8) is 0 Å². The van der Waals surface area contributed by atoms with Crippen LogP contribution in [0.5, 0.6) is 0 Å². The van der Waals surface area contributed by atoms with E-state index in [1.165, 1.54) is 0 Å². The van der Waals surface area contributed by atoms with Crippen molar-refractivity contribution in [2.24, 2.45) is 16.3 Å². The van der Waals surface area contributed by atoms with Crippen molar-refractivity contribution in [2.45, 2.75) is 38.3 Å². The van der Waals surface area contributed by atoms with Crippen LogP contribution in [0.4, 0.5) is 4.79 Å². The van der Waals surface area contributed by atoms with Gasteiger partial charge in [-0.3, -0.25) is 14.8 Å². The Morgan fingerprint density at radius 3 is 2.82 bits per heavy atom. The van der Waals surface area contributed by atoms with E-state index in [0.29, 0.717) is 26.1 Å². The molecule has 1 saturated heterocycles. The molecule has 1 fully saturated rings. The summed E-state index contributed by atoms with van der Waals surface area (Å²) >= 11 is 1.55. The average molecular weight is 533 g/mol. The molecule has 2 aromatic heterocycles. The fourth-order valence-electron chi connectivity index (χ4n) is 5.89. The van der Waals surface area contributed by atoms with Crippen LogP contribution in [0.25, 0.3) is 21.5 Å². The topological polar surface area (TPSA) is 129 Å². The molecule has 4 unspecified atom stereocenters. The van der Waals surface area contributed by atoms with Gasteiger partial charge in [0, 0.05) is 37.0 Å². The maximum atomic E-state index is 13.2. The highest BCUT2D eigenvalue weighted by molar-refractivity contribution is 7.17. The lowest BCUT2D eigenvalue weighted by Gasteiger charge is -2.56. The van der Waals surface area contributed by atoms with E-state index in [1.807, 2.05) is 55.8 Å². The van der Waals surface area contributed by atoms with Gasteiger partial charge in [0.2, 0.25) is 0 Å². The van der Waals surface area contributed by atoms with Gasteiger partial charge in [0.1, 0.15) is 0 Å². The summed E-state index contributed by atoms with van der Waals surface area (Å²) in [6.45, 7) is 6.99. The van der Waals surface area contributed by atoms with E-state index in [9.17, 15) is 14.7 Å². The predicted octanol–water partition coefficient (Wildman–Crippen LogP) is 3.97. The fourth-order valence-corrected chi connectivity index (χ4v) is 6.69. The van der Waals surface area contributed by atoms with E-state index < -0.39 is 34.4 Å². The molecule has 0 bridgehead atoms. The van der Waals surface area contributed by atoms with Crippen LogP contribution >= 0.6 is 11.3 Å². The molecule has 198 valence electrons. The minimum Gasteiger partial charge on any atom is -0.481 e. The molecule has 5 rings (SSSR count). The maximum Gasteiger partial charge on any atom is 0.316 e. The smallest absolute Gasteiger partial charge is 0.316 e. The molecule has 0 saturated carbocycles. The van der Waals surface area contributed by atoms with Gasteiger partial charge in [0.25, 0.3) is 0 Å². The third-order valence-corrected chi connectivity index (χ3v) is 9.01. The number of pyridine rings is 1. The summed E-state index contributed by atoms with van der Waals surface area (Å²) in [6.07, 6.45) is 7.70. The molecule has 0 aliphatic carbocycles. The zero-order valence-electron chi connectivity index (χ0n) is 21.7. The third-order valence-electron chi connectivity index (χ3n) is 8.13. The number of nitrogens with zero attached hydrogens (tertiary/aromatic N) is 3. The van der Waals surface area contributed by atoms with E-state index in [1.54, 1.807) is 30.7 Å². The average Bonchev–Trinajstić information content (AvgIpc) is 3.39. The van der Waals surface area contributed by atoms with Crippen LogP contribution in [0.3, 0.4) is 0 Å². The summed E-state index contributed by atoms with van der Waals surface area (Å²) in [6, 6.07) is 9.48. The largest absolute Gasteiger partial charge is 0.481 e. The van der Waals surface area contributed by atoms with Gasteiger partial charge in [0.05, 0.1) is 32.3 Å². The Labute approximate surface area is 225 Å². The number of aliphatic imine (C=N–C) groups is 1. The third kappa shape index (κ3) is 4.08. The molecular formula is C28H32N6O3S. The van der Waals surface area contributed by atoms with Gasteiger partial charge in [-0.15, -0.1) is 11.3 Å². The standard InChI is InChI=1S/C28H32N6O3S/c1-4-30-25(37)34-28(22-16-29-13-10-26(22,2)24(35)36)27(3,9-7-12-33-28)18-14-19(20-8-5-6-11-31-20)23-21(15-18)32-17-38-23/h5-9,11-12,14-15,17,22,29H,4,10,13,16H2,1-3H3,(H,35,36)(H2,30,34,37). The van der Waals surface area contributed by atoms with Gasteiger partial charge in [0.15, 0.2) is 5.66 Å². The first-order valence-corrected chi connectivity index (χ1v) is 13.7. The molecule has 1 aromatic carbocycles. The van der Waals surface area contributed by atoms with Crippen LogP contribution in [0.1, 0.15) is 32.8 Å². The molecule has 9 nitrogen and oxygen atoms in total. The summed E-state index contributed by atoms with van der Waals surface area (Å²) in [5.74, 6) is -1.48. The van der Waals surface area contributed by atoms with Crippen LogP contribution in [0, 0.1) is 11.3 Å². The Bertz CT molecular complexity index is 1420. The number of piperidine rings is 1. The number of fused-ring (bicyclic) bond motifs is 1. The maximum absolute atomic E-state index is 13.2. The molecule has 2 aliphatic heterocycles. The van der Waals surface area contributed by atoms with E-state index in [4.69, 9.17) is 4.99 Å². The zero-order chi connectivity index (χ0) is 27.0. The second kappa shape index (κ2) is 9.92. The number of aromatic nitrogens is 2. The molecule has 4 N–H and O–H groups in total. The molecule has 38 heavy (non-hydrogen) atoms. The lowest BCUT2D eigenvalue weighted by molar-refractivity contribution is -0.156. The number of carbonyl (C=O) groups is 2. The van der Waals surface area contributed by atoms with Crippen LogP contribution in [0.15, 0.2) is 59.2 Å². The van der Waals surface area contributed by atoms with Crippen molar-refractivity contribution in [1.82, 2.24) is 25.9 Å². The van der Waals surface area contributed by atoms with Gasteiger partial charge in [-0.05, 0) is 69.6 Å². The van der Waals surface area contributed by atoms with Crippen molar-refractivity contribution in [1.29, 1.82) is 0 Å². The van der Waals surface area contributed by atoms with Gasteiger partial charge >= 0.3 is 12.0 Å². The number of rotatable bonds is 6. The number of carbonyl (C=O) groups excluding carboxylic acids is 1. The van der Waals surface area contributed by atoms with Crippen LogP contribution in [0.2, 0.25) is 0 Å². The lowest BCUT2D eigenvalue weighted by atomic mass is 9.56. The molecule has 2 amide bonds. The number of benzene rings is 1. The van der Waals surface area contributed by atoms with Crippen molar-refractivity contribution >= 4 is 39.8 Å². The van der Waals surface area contributed by atoms with Gasteiger partial charge in [-0.25, -0.2) is 9.78 Å². The van der Waals surface area contributed by atoms with Crippen molar-refractivity contribution in [3.05, 3.63) is 59.8 Å². The highest BCUT2D eigenvalue weighted by Crippen LogP contribution is 2.52. The predicted molar refractivity (Wildman–Crippen MR) is 149 cm³/mol. The second-order valence-corrected chi connectivity index (χ2v) is 11.1. The van der Waals surface area contributed by atoms with Crippen molar-refractivity contribution in [2.75, 3.05) is 19.6 Å². The fraction of sp³-hybridized carbons (Fsp3) is 0.393. The molecule has 2 aliphatic rings. The number of hydrogen-bond donors (Lipinski definition) is 4. The Kier molecular flexibility index (Phi) is 6.79. The molecule has 0 spiro atoms. The normalized spacial score (nSPS) is 28.8. The number of nitrogens with one attached hydrogen (secondary N) is 3. The van der Waals surface area contributed by atoms with Crippen LogP contribution in [-0.2, 0) is 10.2 Å². The summed E-state index contributed by atoms with van der Waals surface area (Å²) in [7, 11) is 0. The highest BCUT2D eigenvalue weighted by atomic mass is 32.1. The quantitative estimate of drug-likeness (QED) is 0.380. The highest BCUT2D eigenvalue weighted by Gasteiger charge is 2.62. The number of carboxylic acid groups (broad SMARTS) is 1. The monoisotopic (exact) mass is 532 g/mol. The molecule has 3 aromatic rings. The lowest BCUT2D eigenvalue weighted by Crippen LogP contribution is -2.72. The van der Waals surface area contributed by atoms with Crippen molar-refractivity contribution < 1.29 is 14.7 Å². The minimum absolute atomic E-state index is 0.377.